The van der Waals surface area contributed by atoms with E-state index in [9.17, 15) is 9.90 Å². The Bertz CT molecular complexity index is 640. The Labute approximate surface area is 168 Å². The van der Waals surface area contributed by atoms with E-state index in [-0.39, 0.29) is 17.8 Å². The molecule has 0 spiro atoms. The monoisotopic (exact) mass is 390 g/mol. The summed E-state index contributed by atoms with van der Waals surface area (Å²) in [6, 6.07) is 0.574. The van der Waals surface area contributed by atoms with Crippen LogP contribution in [-0.4, -0.2) is 22.2 Å². The SMILES string of the molecule is CC(C)(C)C1(CCCC(CC(=O)[O-])c2nc(CNC3CC3)no2)CCCCC1. The molecule has 1 unspecified atom stereocenters. The molecule has 0 aromatic carbocycles. The van der Waals surface area contributed by atoms with Crippen LogP contribution in [0.15, 0.2) is 4.52 Å². The molecule has 0 radical (unpaired) electrons. The van der Waals surface area contributed by atoms with E-state index in [2.05, 4.69) is 36.2 Å². The molecule has 2 saturated carbocycles. The average molecular weight is 391 g/mol. The molecule has 6 nitrogen and oxygen atoms in total. The molecule has 0 saturated heterocycles. The fourth-order valence-corrected chi connectivity index (χ4v) is 4.83. The fraction of sp³-hybridized carbons (Fsp3) is 0.864. The zero-order valence-electron chi connectivity index (χ0n) is 17.8. The van der Waals surface area contributed by atoms with Gasteiger partial charge in [-0.05, 0) is 55.8 Å². The number of rotatable bonds is 10. The van der Waals surface area contributed by atoms with Crippen molar-refractivity contribution in [2.45, 2.75) is 110 Å². The second-order valence-electron chi connectivity index (χ2n) is 9.96. The van der Waals surface area contributed by atoms with Gasteiger partial charge in [-0.3, -0.25) is 0 Å². The average Bonchev–Trinajstić information content (AvgIpc) is 3.35. The molecule has 0 bridgehead atoms. The van der Waals surface area contributed by atoms with Gasteiger partial charge in [-0.1, -0.05) is 51.6 Å². The van der Waals surface area contributed by atoms with Crippen LogP contribution in [0.5, 0.6) is 0 Å². The highest BCUT2D eigenvalue weighted by Crippen LogP contribution is 2.53. The minimum Gasteiger partial charge on any atom is -0.550 e. The van der Waals surface area contributed by atoms with Gasteiger partial charge in [0.1, 0.15) is 0 Å². The Morgan fingerprint density at radius 2 is 2.00 bits per heavy atom. The molecule has 0 aliphatic heterocycles. The van der Waals surface area contributed by atoms with Gasteiger partial charge in [0, 0.05) is 17.9 Å². The number of aromatic nitrogens is 2. The van der Waals surface area contributed by atoms with E-state index in [4.69, 9.17) is 4.52 Å². The van der Waals surface area contributed by atoms with E-state index in [0.29, 0.717) is 29.7 Å². The van der Waals surface area contributed by atoms with Gasteiger partial charge in [-0.15, -0.1) is 0 Å². The molecule has 2 aliphatic rings. The lowest BCUT2D eigenvalue weighted by Gasteiger charge is -2.48. The smallest absolute Gasteiger partial charge is 0.230 e. The molecule has 1 heterocycles. The number of nitrogens with zero attached hydrogens (tertiary/aromatic N) is 2. The summed E-state index contributed by atoms with van der Waals surface area (Å²) in [5.74, 6) is -0.245. The molecule has 1 aromatic rings. The Kier molecular flexibility index (Phi) is 6.79. The third-order valence-corrected chi connectivity index (χ3v) is 6.98. The molecular weight excluding hydrogens is 354 g/mol. The first kappa shape index (κ1) is 21.3. The minimum atomic E-state index is -1.05. The Hall–Kier alpha value is -1.43. The van der Waals surface area contributed by atoms with Crippen LogP contribution in [-0.2, 0) is 11.3 Å². The zero-order valence-corrected chi connectivity index (χ0v) is 17.8. The maximum absolute atomic E-state index is 11.3. The third kappa shape index (κ3) is 5.56. The molecule has 158 valence electrons. The van der Waals surface area contributed by atoms with Crippen molar-refractivity contribution >= 4 is 5.97 Å². The molecule has 28 heavy (non-hydrogen) atoms. The summed E-state index contributed by atoms with van der Waals surface area (Å²) in [5, 5.41) is 18.7. The highest BCUT2D eigenvalue weighted by atomic mass is 16.5. The Morgan fingerprint density at radius 3 is 2.61 bits per heavy atom. The zero-order chi connectivity index (χ0) is 20.2. The molecule has 1 atom stereocenters. The Morgan fingerprint density at radius 1 is 1.29 bits per heavy atom. The van der Waals surface area contributed by atoms with Gasteiger partial charge < -0.3 is 19.7 Å². The van der Waals surface area contributed by atoms with Gasteiger partial charge in [0.2, 0.25) is 5.89 Å². The summed E-state index contributed by atoms with van der Waals surface area (Å²) in [5.41, 5.74) is 0.620. The number of aliphatic carboxylic acids is 1. The molecule has 2 fully saturated rings. The Balaban J connectivity index is 1.59. The van der Waals surface area contributed by atoms with E-state index in [1.54, 1.807) is 0 Å². The van der Waals surface area contributed by atoms with Crippen molar-refractivity contribution in [3.63, 3.8) is 0 Å². The first-order chi connectivity index (χ1) is 13.3. The van der Waals surface area contributed by atoms with Gasteiger partial charge in [-0.25, -0.2) is 0 Å². The molecule has 1 aromatic heterocycles. The maximum Gasteiger partial charge on any atom is 0.230 e. The van der Waals surface area contributed by atoms with Crippen LogP contribution in [0.2, 0.25) is 0 Å². The van der Waals surface area contributed by atoms with Crippen molar-refractivity contribution < 1.29 is 14.4 Å². The van der Waals surface area contributed by atoms with Crippen molar-refractivity contribution in [3.8, 4) is 0 Å². The molecule has 6 heteroatoms. The van der Waals surface area contributed by atoms with Crippen LogP contribution >= 0.6 is 0 Å². The second kappa shape index (κ2) is 8.93. The summed E-state index contributed by atoms with van der Waals surface area (Å²) < 4.78 is 5.42. The summed E-state index contributed by atoms with van der Waals surface area (Å²) >= 11 is 0. The number of carbonyl (C=O) groups is 1. The van der Waals surface area contributed by atoms with Crippen LogP contribution in [0, 0.1) is 10.8 Å². The van der Waals surface area contributed by atoms with Crippen molar-refractivity contribution in [3.05, 3.63) is 11.7 Å². The number of carbonyl (C=O) groups excluding carboxylic acids is 1. The first-order valence-electron chi connectivity index (χ1n) is 11.0. The van der Waals surface area contributed by atoms with Crippen LogP contribution in [0.3, 0.4) is 0 Å². The van der Waals surface area contributed by atoms with Gasteiger partial charge in [0.05, 0.1) is 6.54 Å². The number of hydrogen-bond acceptors (Lipinski definition) is 6. The first-order valence-corrected chi connectivity index (χ1v) is 11.0. The fourth-order valence-electron chi connectivity index (χ4n) is 4.83. The van der Waals surface area contributed by atoms with Crippen molar-refractivity contribution in [1.82, 2.24) is 15.5 Å². The molecule has 3 rings (SSSR count). The normalized spacial score (nSPS) is 20.8. The quantitative estimate of drug-likeness (QED) is 0.655. The highest BCUT2D eigenvalue weighted by molar-refractivity contribution is 5.65. The van der Waals surface area contributed by atoms with Gasteiger partial charge >= 0.3 is 0 Å². The van der Waals surface area contributed by atoms with Crippen LogP contribution in [0.4, 0.5) is 0 Å². The minimum absolute atomic E-state index is 0.0554. The van der Waals surface area contributed by atoms with E-state index < -0.39 is 5.97 Å². The lowest BCUT2D eigenvalue weighted by molar-refractivity contribution is -0.306. The lowest BCUT2D eigenvalue weighted by atomic mass is 9.57. The number of carboxylic acids is 1. The highest BCUT2D eigenvalue weighted by Gasteiger charge is 2.41. The van der Waals surface area contributed by atoms with Gasteiger partial charge in [0.15, 0.2) is 5.82 Å². The van der Waals surface area contributed by atoms with Gasteiger partial charge in [0.25, 0.3) is 0 Å². The number of nitrogens with one attached hydrogen (secondary N) is 1. The van der Waals surface area contributed by atoms with Crippen LogP contribution in [0.1, 0.15) is 109 Å². The predicted molar refractivity (Wildman–Crippen MR) is 105 cm³/mol. The number of carboxylic acid groups (broad SMARTS) is 1. The molecule has 0 amide bonds. The molecule has 1 N–H and O–H groups in total. The van der Waals surface area contributed by atoms with E-state index in [0.717, 1.165) is 19.3 Å². The van der Waals surface area contributed by atoms with Crippen LogP contribution < -0.4 is 10.4 Å². The van der Waals surface area contributed by atoms with Gasteiger partial charge in [-0.2, -0.15) is 4.98 Å². The molecular formula is C22H36N3O3-. The van der Waals surface area contributed by atoms with Crippen molar-refractivity contribution in [2.24, 2.45) is 10.8 Å². The largest absolute Gasteiger partial charge is 0.550 e. The summed E-state index contributed by atoms with van der Waals surface area (Å²) in [6.07, 6.45) is 11.7. The lowest BCUT2D eigenvalue weighted by Crippen LogP contribution is -2.37. The van der Waals surface area contributed by atoms with E-state index >= 15 is 0 Å². The van der Waals surface area contributed by atoms with Crippen molar-refractivity contribution in [1.29, 1.82) is 0 Å². The van der Waals surface area contributed by atoms with E-state index in [1.165, 1.54) is 44.9 Å². The third-order valence-electron chi connectivity index (χ3n) is 6.98. The molecule has 2 aliphatic carbocycles. The predicted octanol–water partition coefficient (Wildman–Crippen LogP) is 3.71. The second-order valence-corrected chi connectivity index (χ2v) is 9.96. The van der Waals surface area contributed by atoms with Crippen LogP contribution in [0.25, 0.3) is 0 Å². The number of hydrogen-bond donors (Lipinski definition) is 1. The van der Waals surface area contributed by atoms with E-state index in [1.807, 2.05) is 0 Å². The summed E-state index contributed by atoms with van der Waals surface area (Å²) in [4.78, 5) is 15.8. The maximum atomic E-state index is 11.3. The van der Waals surface area contributed by atoms with Crippen molar-refractivity contribution in [2.75, 3.05) is 0 Å². The standard InChI is InChI=1S/C22H37N3O3/c1-21(2,3)22(11-5-4-6-12-22)13-7-8-16(14-19(26)27)20-24-18(25-28-20)15-23-17-9-10-17/h16-17,23H,4-15H2,1-3H3,(H,26,27)/p-1. The summed E-state index contributed by atoms with van der Waals surface area (Å²) in [7, 11) is 0. The summed E-state index contributed by atoms with van der Waals surface area (Å²) in [6.45, 7) is 7.65. The topological polar surface area (TPSA) is 91.1 Å².